The van der Waals surface area contributed by atoms with Crippen LogP contribution in [0.1, 0.15) is 5.56 Å². The summed E-state index contributed by atoms with van der Waals surface area (Å²) in [5.74, 6) is -0.593. The maximum atomic E-state index is 11.5. The minimum Gasteiger partial charge on any atom is -0.370 e. The van der Waals surface area contributed by atoms with Crippen LogP contribution < -0.4 is 11.1 Å². The highest BCUT2D eigenvalue weighted by Crippen LogP contribution is 2.18. The molecule has 0 unspecified atom stereocenters. The van der Waals surface area contributed by atoms with Gasteiger partial charge in [-0.05, 0) is 16.3 Å². The zero-order valence-electron chi connectivity index (χ0n) is 9.23. The molecule has 2 aromatic carbocycles. The largest absolute Gasteiger partial charge is 0.370 e. The second-order valence-corrected chi connectivity index (χ2v) is 3.78. The zero-order valence-corrected chi connectivity index (χ0v) is 9.23. The molecule has 4 nitrogen and oxygen atoms in total. The molecule has 0 aliphatic heterocycles. The van der Waals surface area contributed by atoms with Crippen LogP contribution in [0.25, 0.3) is 10.8 Å². The summed E-state index contributed by atoms with van der Waals surface area (Å²) in [7, 11) is 0. The van der Waals surface area contributed by atoms with Gasteiger partial charge in [-0.2, -0.15) is 0 Å². The predicted molar refractivity (Wildman–Crippen MR) is 67.7 cm³/mol. The van der Waals surface area contributed by atoms with E-state index in [0.717, 1.165) is 16.3 Å². The van der Waals surface area contributed by atoms with Gasteiger partial charge in [0.25, 0.3) is 0 Å². The normalized spacial score (nSPS) is 10.1. The number of hydrogen-bond donors (Lipinski definition) is 3. The molecule has 0 atom stereocenters. The van der Waals surface area contributed by atoms with Gasteiger partial charge in [0.05, 0.1) is 6.42 Å². The average molecular weight is 227 g/mol. The molecule has 0 radical (unpaired) electrons. The molecule has 0 aliphatic carbocycles. The number of carbonyl (C=O) groups is 1. The van der Waals surface area contributed by atoms with Gasteiger partial charge in [-0.15, -0.1) is 0 Å². The van der Waals surface area contributed by atoms with Crippen LogP contribution in [0.15, 0.2) is 42.5 Å². The van der Waals surface area contributed by atoms with Gasteiger partial charge in [0, 0.05) is 0 Å². The van der Waals surface area contributed by atoms with Crippen LogP contribution in [0.2, 0.25) is 0 Å². The molecule has 0 spiro atoms. The number of nitrogens with one attached hydrogen (secondary N) is 2. The van der Waals surface area contributed by atoms with Crippen molar-refractivity contribution in [2.75, 3.05) is 0 Å². The Labute approximate surface area is 98.9 Å². The van der Waals surface area contributed by atoms with Crippen molar-refractivity contribution in [2.24, 2.45) is 5.73 Å². The molecule has 0 heterocycles. The first kappa shape index (κ1) is 11.1. The van der Waals surface area contributed by atoms with Crippen molar-refractivity contribution >= 4 is 22.6 Å². The first-order chi connectivity index (χ1) is 8.16. The summed E-state index contributed by atoms with van der Waals surface area (Å²) in [6, 6.07) is 13.7. The van der Waals surface area contributed by atoms with E-state index in [2.05, 4.69) is 5.32 Å². The summed E-state index contributed by atoms with van der Waals surface area (Å²) in [6.07, 6.45) is 0.223. The van der Waals surface area contributed by atoms with Crippen LogP contribution >= 0.6 is 0 Å². The Hall–Kier alpha value is -2.36. The number of fused-ring (bicyclic) bond motifs is 1. The monoisotopic (exact) mass is 227 g/mol. The minimum atomic E-state index is -0.324. The number of carbonyl (C=O) groups excluding carboxylic acids is 1. The summed E-state index contributed by atoms with van der Waals surface area (Å²) in [6.45, 7) is 0. The molecule has 2 rings (SSSR count). The molecule has 17 heavy (non-hydrogen) atoms. The third-order valence-corrected chi connectivity index (χ3v) is 2.51. The fourth-order valence-electron chi connectivity index (χ4n) is 1.81. The standard InChI is InChI=1S/C13H13N3O/c14-13(15)16-12(17)8-10-6-3-5-9-4-1-2-7-11(9)10/h1-7H,8H2,(H4,14,15,16,17). The van der Waals surface area contributed by atoms with Gasteiger partial charge in [0.15, 0.2) is 5.96 Å². The summed E-state index contributed by atoms with van der Waals surface area (Å²) in [5.41, 5.74) is 6.04. The van der Waals surface area contributed by atoms with Crippen molar-refractivity contribution in [1.82, 2.24) is 5.32 Å². The third-order valence-electron chi connectivity index (χ3n) is 2.51. The summed E-state index contributed by atoms with van der Waals surface area (Å²) < 4.78 is 0. The van der Waals surface area contributed by atoms with Crippen LogP contribution in [0.3, 0.4) is 0 Å². The van der Waals surface area contributed by atoms with Crippen molar-refractivity contribution in [3.63, 3.8) is 0 Å². The first-order valence-corrected chi connectivity index (χ1v) is 5.27. The van der Waals surface area contributed by atoms with E-state index in [-0.39, 0.29) is 18.3 Å². The molecule has 0 saturated carbocycles. The SMILES string of the molecule is N=C(N)NC(=O)Cc1cccc2ccccc12. The smallest absolute Gasteiger partial charge is 0.231 e. The fraction of sp³-hybridized carbons (Fsp3) is 0.0769. The molecule has 1 amide bonds. The van der Waals surface area contributed by atoms with E-state index >= 15 is 0 Å². The Kier molecular flexibility index (Phi) is 3.05. The van der Waals surface area contributed by atoms with Crippen LogP contribution in [0.5, 0.6) is 0 Å². The molecule has 0 saturated heterocycles. The lowest BCUT2D eigenvalue weighted by molar-refractivity contribution is -0.119. The fourth-order valence-corrected chi connectivity index (χ4v) is 1.81. The molecular formula is C13H13N3O. The lowest BCUT2D eigenvalue weighted by Gasteiger charge is -2.06. The maximum Gasteiger partial charge on any atom is 0.231 e. The van der Waals surface area contributed by atoms with Crippen molar-refractivity contribution in [2.45, 2.75) is 6.42 Å². The van der Waals surface area contributed by atoms with E-state index in [0.29, 0.717) is 0 Å². The molecular weight excluding hydrogens is 214 g/mol. The predicted octanol–water partition coefficient (Wildman–Crippen LogP) is 1.39. The lowest BCUT2D eigenvalue weighted by Crippen LogP contribution is -2.36. The zero-order chi connectivity index (χ0) is 12.3. The molecule has 2 aromatic rings. The Morgan fingerprint density at radius 1 is 1.18 bits per heavy atom. The van der Waals surface area contributed by atoms with Gasteiger partial charge in [-0.3, -0.25) is 15.5 Å². The van der Waals surface area contributed by atoms with Crippen molar-refractivity contribution in [3.8, 4) is 0 Å². The van der Waals surface area contributed by atoms with Crippen molar-refractivity contribution < 1.29 is 4.79 Å². The van der Waals surface area contributed by atoms with Gasteiger partial charge in [0.1, 0.15) is 0 Å². The van der Waals surface area contributed by atoms with Gasteiger partial charge < -0.3 is 5.73 Å². The Bertz CT molecular complexity index is 572. The van der Waals surface area contributed by atoms with Crippen molar-refractivity contribution in [1.29, 1.82) is 5.41 Å². The Morgan fingerprint density at radius 3 is 2.65 bits per heavy atom. The summed E-state index contributed by atoms with van der Waals surface area (Å²) in [4.78, 5) is 11.5. The minimum absolute atomic E-state index is 0.223. The highest BCUT2D eigenvalue weighted by molar-refractivity contribution is 5.97. The number of benzene rings is 2. The number of rotatable bonds is 2. The second kappa shape index (κ2) is 4.65. The number of nitrogens with two attached hydrogens (primary N) is 1. The molecule has 0 aliphatic rings. The first-order valence-electron chi connectivity index (χ1n) is 5.27. The second-order valence-electron chi connectivity index (χ2n) is 3.78. The highest BCUT2D eigenvalue weighted by atomic mass is 16.1. The van der Waals surface area contributed by atoms with E-state index in [1.807, 2.05) is 42.5 Å². The average Bonchev–Trinajstić information content (AvgIpc) is 2.28. The van der Waals surface area contributed by atoms with Gasteiger partial charge in [0.2, 0.25) is 5.91 Å². The third kappa shape index (κ3) is 2.60. The number of guanidine groups is 1. The molecule has 86 valence electrons. The molecule has 4 heteroatoms. The van der Waals surface area contributed by atoms with E-state index in [1.54, 1.807) is 0 Å². The van der Waals surface area contributed by atoms with Crippen LogP contribution in [-0.4, -0.2) is 11.9 Å². The molecule has 0 aromatic heterocycles. The Morgan fingerprint density at radius 2 is 1.88 bits per heavy atom. The molecule has 0 bridgehead atoms. The van der Waals surface area contributed by atoms with Gasteiger partial charge in [-0.25, -0.2) is 0 Å². The Balaban J connectivity index is 2.30. The van der Waals surface area contributed by atoms with Gasteiger partial charge >= 0.3 is 0 Å². The number of hydrogen-bond acceptors (Lipinski definition) is 2. The van der Waals surface area contributed by atoms with E-state index in [9.17, 15) is 4.79 Å². The van der Waals surface area contributed by atoms with E-state index in [4.69, 9.17) is 11.1 Å². The summed E-state index contributed by atoms with van der Waals surface area (Å²) in [5, 5.41) is 11.4. The van der Waals surface area contributed by atoms with Crippen LogP contribution in [-0.2, 0) is 11.2 Å². The topological polar surface area (TPSA) is 79.0 Å². The number of amides is 1. The molecule has 0 fully saturated rings. The molecule has 4 N–H and O–H groups in total. The quantitative estimate of drug-likeness (QED) is 0.535. The summed E-state index contributed by atoms with van der Waals surface area (Å²) >= 11 is 0. The maximum absolute atomic E-state index is 11.5. The van der Waals surface area contributed by atoms with Crippen LogP contribution in [0, 0.1) is 5.41 Å². The van der Waals surface area contributed by atoms with Crippen molar-refractivity contribution in [3.05, 3.63) is 48.0 Å². The van der Waals surface area contributed by atoms with Crippen LogP contribution in [0.4, 0.5) is 0 Å². The lowest BCUT2D eigenvalue weighted by atomic mass is 10.0. The van der Waals surface area contributed by atoms with E-state index in [1.165, 1.54) is 0 Å². The van der Waals surface area contributed by atoms with Gasteiger partial charge in [-0.1, -0.05) is 42.5 Å². The van der Waals surface area contributed by atoms with E-state index < -0.39 is 0 Å². The highest BCUT2D eigenvalue weighted by Gasteiger charge is 2.06.